The number of aromatic nitrogens is 2. The second-order valence-electron chi connectivity index (χ2n) is 7.48. The Morgan fingerprint density at radius 3 is 2.61 bits per heavy atom. The molecule has 1 aliphatic carbocycles. The summed E-state index contributed by atoms with van der Waals surface area (Å²) < 4.78 is 5.26. The predicted octanol–water partition coefficient (Wildman–Crippen LogP) is 1.09. The van der Waals surface area contributed by atoms with Crippen LogP contribution in [0.3, 0.4) is 0 Å². The average molecular weight is 389 g/mol. The first-order valence-electron chi connectivity index (χ1n) is 9.10. The van der Waals surface area contributed by atoms with Crippen molar-refractivity contribution in [2.75, 3.05) is 6.54 Å². The van der Waals surface area contributed by atoms with Gasteiger partial charge >= 0.3 is 6.09 Å². The van der Waals surface area contributed by atoms with Crippen LogP contribution in [0.15, 0.2) is 23.6 Å². The lowest BCUT2D eigenvalue weighted by atomic mass is 10.1. The molecular weight excluding hydrogens is 362 g/mol. The van der Waals surface area contributed by atoms with Gasteiger partial charge in [0.15, 0.2) is 5.82 Å². The first-order chi connectivity index (χ1) is 13.3. The summed E-state index contributed by atoms with van der Waals surface area (Å²) in [7, 11) is 0. The van der Waals surface area contributed by atoms with Gasteiger partial charge in [0.2, 0.25) is 5.91 Å². The molecule has 10 nitrogen and oxygen atoms in total. The molecule has 0 spiro atoms. The highest BCUT2D eigenvalue weighted by Gasteiger charge is 2.49. The Labute approximate surface area is 164 Å². The molecule has 1 unspecified atom stereocenters. The molecule has 0 saturated heterocycles. The van der Waals surface area contributed by atoms with Gasteiger partial charge in [-0.1, -0.05) is 0 Å². The Kier molecular flexibility index (Phi) is 7.02. The lowest BCUT2D eigenvalue weighted by Crippen LogP contribution is -2.51. The van der Waals surface area contributed by atoms with E-state index >= 15 is 0 Å². The van der Waals surface area contributed by atoms with Crippen LogP contribution in [0.5, 0.6) is 0 Å². The van der Waals surface area contributed by atoms with Crippen molar-refractivity contribution < 1.29 is 14.3 Å². The van der Waals surface area contributed by atoms with Crippen molar-refractivity contribution in [1.82, 2.24) is 26.0 Å². The van der Waals surface area contributed by atoms with Crippen molar-refractivity contribution in [3.63, 3.8) is 0 Å². The van der Waals surface area contributed by atoms with Crippen molar-refractivity contribution in [3.05, 3.63) is 24.3 Å². The third-order valence-electron chi connectivity index (χ3n) is 3.90. The summed E-state index contributed by atoms with van der Waals surface area (Å²) in [6.45, 7) is 5.58. The van der Waals surface area contributed by atoms with E-state index in [-0.39, 0.29) is 12.3 Å². The van der Waals surface area contributed by atoms with E-state index in [4.69, 9.17) is 10.1 Å². The molecule has 1 aromatic rings. The maximum absolute atomic E-state index is 12.9. The van der Waals surface area contributed by atoms with Gasteiger partial charge in [0.1, 0.15) is 17.2 Å². The second kappa shape index (κ2) is 9.25. The fraction of sp³-hybridized carbons (Fsp3) is 0.556. The van der Waals surface area contributed by atoms with Gasteiger partial charge < -0.3 is 26.2 Å². The molecular formula is C18H27N7O3. The van der Waals surface area contributed by atoms with Crippen LogP contribution in [-0.4, -0.2) is 52.6 Å². The SMILES string of the molecule is CC(C)(C)OC(=O)NC(CCN/N=C\C=N)C(=O)NC1(c2ncccn2)CC1. The Balaban J connectivity index is 2.02. The molecule has 1 aliphatic rings. The van der Waals surface area contributed by atoms with Gasteiger partial charge in [0, 0.05) is 25.2 Å². The number of carbonyl (C=O) groups excluding carboxylic acids is 2. The van der Waals surface area contributed by atoms with E-state index in [1.54, 1.807) is 39.2 Å². The normalized spacial score (nSPS) is 16.1. The van der Waals surface area contributed by atoms with E-state index in [2.05, 4.69) is 31.1 Å². The number of ether oxygens (including phenoxy) is 1. The largest absolute Gasteiger partial charge is 0.444 e. The fourth-order valence-electron chi connectivity index (χ4n) is 2.48. The van der Waals surface area contributed by atoms with Crippen LogP contribution in [0.4, 0.5) is 4.79 Å². The molecule has 152 valence electrons. The molecule has 1 atom stereocenters. The molecule has 1 fully saturated rings. The van der Waals surface area contributed by atoms with Crippen LogP contribution in [0, 0.1) is 5.41 Å². The maximum Gasteiger partial charge on any atom is 0.408 e. The summed E-state index contributed by atoms with van der Waals surface area (Å²) in [5, 5.41) is 16.3. The minimum absolute atomic E-state index is 0.284. The molecule has 10 heteroatoms. The van der Waals surface area contributed by atoms with E-state index in [9.17, 15) is 9.59 Å². The summed E-state index contributed by atoms with van der Waals surface area (Å²) in [5.74, 6) is 0.224. The minimum Gasteiger partial charge on any atom is -0.444 e. The molecule has 0 radical (unpaired) electrons. The van der Waals surface area contributed by atoms with Crippen molar-refractivity contribution in [1.29, 1.82) is 5.41 Å². The summed E-state index contributed by atoms with van der Waals surface area (Å²) >= 11 is 0. The molecule has 1 aromatic heterocycles. The van der Waals surface area contributed by atoms with Crippen molar-refractivity contribution in [2.24, 2.45) is 5.10 Å². The topological polar surface area (TPSA) is 141 Å². The Morgan fingerprint density at radius 1 is 1.36 bits per heavy atom. The van der Waals surface area contributed by atoms with Crippen LogP contribution in [-0.2, 0) is 15.1 Å². The minimum atomic E-state index is -0.821. The van der Waals surface area contributed by atoms with Crippen molar-refractivity contribution in [3.8, 4) is 0 Å². The van der Waals surface area contributed by atoms with E-state index in [0.29, 0.717) is 12.4 Å². The summed E-state index contributed by atoms with van der Waals surface area (Å²) in [6, 6.07) is 0.896. The van der Waals surface area contributed by atoms with Gasteiger partial charge in [-0.15, -0.1) is 0 Å². The first-order valence-corrected chi connectivity index (χ1v) is 9.10. The van der Waals surface area contributed by atoms with Gasteiger partial charge in [-0.3, -0.25) is 4.79 Å². The van der Waals surface area contributed by atoms with Crippen LogP contribution in [0.1, 0.15) is 45.9 Å². The average Bonchev–Trinajstić information content (AvgIpc) is 3.40. The number of rotatable bonds is 9. The molecule has 2 rings (SSSR count). The van der Waals surface area contributed by atoms with Gasteiger partial charge in [0.25, 0.3) is 0 Å². The Hall–Kier alpha value is -3.04. The second-order valence-corrected chi connectivity index (χ2v) is 7.48. The Bertz CT molecular complexity index is 712. The third-order valence-corrected chi connectivity index (χ3v) is 3.90. The van der Waals surface area contributed by atoms with Crippen LogP contribution in [0.2, 0.25) is 0 Å². The van der Waals surface area contributed by atoms with E-state index in [0.717, 1.165) is 19.1 Å². The van der Waals surface area contributed by atoms with E-state index < -0.39 is 23.3 Å². The lowest BCUT2D eigenvalue weighted by molar-refractivity contribution is -0.124. The Morgan fingerprint density at radius 2 is 2.04 bits per heavy atom. The molecule has 0 aliphatic heterocycles. The fourth-order valence-corrected chi connectivity index (χ4v) is 2.48. The van der Waals surface area contributed by atoms with Gasteiger partial charge in [-0.05, 0) is 46.1 Å². The van der Waals surface area contributed by atoms with E-state index in [1.807, 2.05) is 0 Å². The molecule has 0 bridgehead atoms. The number of nitrogens with zero attached hydrogens (tertiary/aromatic N) is 3. The maximum atomic E-state index is 12.9. The quantitative estimate of drug-likeness (QED) is 0.283. The van der Waals surface area contributed by atoms with Gasteiger partial charge in [-0.2, -0.15) is 5.10 Å². The zero-order chi connectivity index (χ0) is 20.6. The highest BCUT2D eigenvalue weighted by atomic mass is 16.6. The van der Waals surface area contributed by atoms with Crippen LogP contribution >= 0.6 is 0 Å². The van der Waals surface area contributed by atoms with E-state index in [1.165, 1.54) is 6.21 Å². The number of amides is 2. The lowest BCUT2D eigenvalue weighted by Gasteiger charge is -2.25. The summed E-state index contributed by atoms with van der Waals surface area (Å²) in [6.07, 6.45) is 6.68. The first kappa shape index (κ1) is 21.3. The number of hydrogen-bond acceptors (Lipinski definition) is 8. The van der Waals surface area contributed by atoms with Gasteiger partial charge in [-0.25, -0.2) is 14.8 Å². The van der Waals surface area contributed by atoms with Crippen molar-refractivity contribution >= 4 is 24.4 Å². The molecule has 2 amide bonds. The van der Waals surface area contributed by atoms with Gasteiger partial charge in [0.05, 0.1) is 6.21 Å². The third kappa shape index (κ3) is 6.60. The smallest absolute Gasteiger partial charge is 0.408 e. The zero-order valence-electron chi connectivity index (χ0n) is 16.4. The number of alkyl carbamates (subject to hydrolysis) is 1. The number of hydrogen-bond donors (Lipinski definition) is 4. The van der Waals surface area contributed by atoms with Crippen LogP contribution in [0.25, 0.3) is 0 Å². The highest BCUT2D eigenvalue weighted by Crippen LogP contribution is 2.43. The van der Waals surface area contributed by atoms with Crippen LogP contribution < -0.4 is 16.1 Å². The number of nitrogens with one attached hydrogen (secondary N) is 4. The monoisotopic (exact) mass is 389 g/mol. The highest BCUT2D eigenvalue weighted by molar-refractivity contribution is 6.14. The standard InChI is InChI=1S/C18H27N7O3/c1-17(2,3)28-16(27)24-13(5-11-22-23-12-8-19)14(26)25-18(6-7-18)15-20-9-4-10-21-15/h4,8-10,12-13,19,22H,5-7,11H2,1-3H3,(H,24,27)(H,25,26)/b19-8?,23-12-. The molecule has 0 aromatic carbocycles. The zero-order valence-corrected chi connectivity index (χ0v) is 16.4. The van der Waals surface area contributed by atoms with Crippen molar-refractivity contribution in [2.45, 2.75) is 57.2 Å². The summed E-state index contributed by atoms with van der Waals surface area (Å²) in [4.78, 5) is 33.5. The summed E-state index contributed by atoms with van der Waals surface area (Å²) in [5.41, 5.74) is 1.47. The molecule has 1 saturated carbocycles. The molecule has 4 N–H and O–H groups in total. The number of carbonyl (C=O) groups is 2. The predicted molar refractivity (Wildman–Crippen MR) is 104 cm³/mol. The molecule has 1 heterocycles. The number of hydrazone groups is 1. The molecule has 28 heavy (non-hydrogen) atoms.